The monoisotopic (exact) mass is 396 g/mol. The molecular formula is C21H21ClN4O2. The molecule has 0 aliphatic rings. The van der Waals surface area contributed by atoms with E-state index in [2.05, 4.69) is 27.5 Å². The SMILES string of the molecule is CCc1ccc(NC(=O)c2cc(Nc3ccc(OC)c(Cl)c3)nc(C)n2)cc1. The number of halogens is 1. The fourth-order valence-corrected chi connectivity index (χ4v) is 2.92. The van der Waals surface area contributed by atoms with E-state index in [0.29, 0.717) is 22.4 Å². The summed E-state index contributed by atoms with van der Waals surface area (Å²) < 4.78 is 5.15. The van der Waals surface area contributed by atoms with E-state index in [1.807, 2.05) is 30.3 Å². The molecule has 2 N–H and O–H groups in total. The second kappa shape index (κ2) is 8.71. The van der Waals surface area contributed by atoms with Crippen molar-refractivity contribution in [2.24, 2.45) is 0 Å². The number of aryl methyl sites for hydroxylation is 2. The Morgan fingerprint density at radius 1 is 1.07 bits per heavy atom. The van der Waals surface area contributed by atoms with E-state index in [1.54, 1.807) is 32.2 Å². The van der Waals surface area contributed by atoms with Crippen molar-refractivity contribution in [3.8, 4) is 5.75 Å². The molecule has 1 amide bonds. The number of methoxy groups -OCH3 is 1. The zero-order valence-electron chi connectivity index (χ0n) is 15.9. The molecule has 0 unspecified atom stereocenters. The van der Waals surface area contributed by atoms with Crippen LogP contribution in [0.1, 0.15) is 28.8 Å². The molecule has 3 aromatic rings. The lowest BCUT2D eigenvalue weighted by Crippen LogP contribution is -2.15. The normalized spacial score (nSPS) is 10.4. The number of rotatable bonds is 6. The number of hydrogen-bond acceptors (Lipinski definition) is 5. The highest BCUT2D eigenvalue weighted by atomic mass is 35.5. The smallest absolute Gasteiger partial charge is 0.274 e. The zero-order valence-corrected chi connectivity index (χ0v) is 16.7. The van der Waals surface area contributed by atoms with Crippen molar-refractivity contribution in [1.29, 1.82) is 0 Å². The topological polar surface area (TPSA) is 76.1 Å². The van der Waals surface area contributed by atoms with Crippen molar-refractivity contribution in [3.05, 3.63) is 70.6 Å². The largest absolute Gasteiger partial charge is 0.495 e. The van der Waals surface area contributed by atoms with Crippen LogP contribution >= 0.6 is 11.6 Å². The average molecular weight is 397 g/mol. The molecule has 0 saturated carbocycles. The van der Waals surface area contributed by atoms with Gasteiger partial charge in [0.25, 0.3) is 5.91 Å². The second-order valence-corrected chi connectivity index (χ2v) is 6.57. The quantitative estimate of drug-likeness (QED) is 0.612. The number of benzene rings is 2. The predicted octanol–water partition coefficient (Wildman–Crippen LogP) is 5.01. The van der Waals surface area contributed by atoms with Gasteiger partial charge in [-0.15, -0.1) is 0 Å². The summed E-state index contributed by atoms with van der Waals surface area (Å²) >= 11 is 6.16. The van der Waals surface area contributed by atoms with Crippen LogP contribution in [0.4, 0.5) is 17.2 Å². The molecule has 3 rings (SSSR count). The number of carbonyl (C=O) groups excluding carboxylic acids is 1. The highest BCUT2D eigenvalue weighted by molar-refractivity contribution is 6.32. The minimum Gasteiger partial charge on any atom is -0.495 e. The molecule has 1 heterocycles. The first kappa shape index (κ1) is 19.6. The van der Waals surface area contributed by atoms with E-state index in [0.717, 1.165) is 17.8 Å². The number of ether oxygens (including phenoxy) is 1. The molecular weight excluding hydrogens is 376 g/mol. The summed E-state index contributed by atoms with van der Waals surface area (Å²) in [5, 5.41) is 6.48. The highest BCUT2D eigenvalue weighted by Gasteiger charge is 2.12. The summed E-state index contributed by atoms with van der Waals surface area (Å²) in [6.07, 6.45) is 0.948. The van der Waals surface area contributed by atoms with Crippen LogP contribution < -0.4 is 15.4 Å². The molecule has 0 spiro atoms. The van der Waals surface area contributed by atoms with E-state index >= 15 is 0 Å². The number of aromatic nitrogens is 2. The lowest BCUT2D eigenvalue weighted by atomic mass is 10.1. The third-order valence-electron chi connectivity index (χ3n) is 4.11. The van der Waals surface area contributed by atoms with Gasteiger partial charge in [-0.25, -0.2) is 9.97 Å². The molecule has 28 heavy (non-hydrogen) atoms. The van der Waals surface area contributed by atoms with E-state index in [4.69, 9.17) is 16.3 Å². The van der Waals surface area contributed by atoms with Crippen LogP contribution in [0.3, 0.4) is 0 Å². The summed E-state index contributed by atoms with van der Waals surface area (Å²) in [7, 11) is 1.56. The van der Waals surface area contributed by atoms with Crippen LogP contribution in [0.2, 0.25) is 5.02 Å². The average Bonchev–Trinajstić information content (AvgIpc) is 2.68. The second-order valence-electron chi connectivity index (χ2n) is 6.16. The minimum absolute atomic E-state index is 0.272. The van der Waals surface area contributed by atoms with Gasteiger partial charge < -0.3 is 15.4 Å². The molecule has 7 heteroatoms. The maximum absolute atomic E-state index is 12.6. The van der Waals surface area contributed by atoms with E-state index in [9.17, 15) is 4.79 Å². The maximum Gasteiger partial charge on any atom is 0.274 e. The Bertz CT molecular complexity index is 990. The first-order valence-electron chi connectivity index (χ1n) is 8.85. The molecule has 0 bridgehead atoms. The van der Waals surface area contributed by atoms with Crippen LogP contribution in [-0.4, -0.2) is 23.0 Å². The molecule has 0 atom stereocenters. The Labute approximate surface area is 168 Å². The highest BCUT2D eigenvalue weighted by Crippen LogP contribution is 2.28. The number of carbonyl (C=O) groups is 1. The Morgan fingerprint density at radius 2 is 1.79 bits per heavy atom. The lowest BCUT2D eigenvalue weighted by molar-refractivity contribution is 0.102. The number of hydrogen-bond donors (Lipinski definition) is 2. The van der Waals surface area contributed by atoms with E-state index in [1.165, 1.54) is 5.56 Å². The Balaban J connectivity index is 1.78. The van der Waals surface area contributed by atoms with Gasteiger partial charge in [-0.3, -0.25) is 4.79 Å². The van der Waals surface area contributed by atoms with E-state index < -0.39 is 0 Å². The van der Waals surface area contributed by atoms with Crippen LogP contribution in [0.25, 0.3) is 0 Å². The lowest BCUT2D eigenvalue weighted by Gasteiger charge is -2.11. The van der Waals surface area contributed by atoms with Crippen molar-refractivity contribution in [3.63, 3.8) is 0 Å². The van der Waals surface area contributed by atoms with Crippen molar-refractivity contribution in [2.75, 3.05) is 17.7 Å². The maximum atomic E-state index is 12.6. The van der Waals surface area contributed by atoms with Crippen LogP contribution in [0, 0.1) is 6.92 Å². The first-order chi connectivity index (χ1) is 13.5. The van der Waals surface area contributed by atoms with E-state index in [-0.39, 0.29) is 11.6 Å². The number of amides is 1. The van der Waals surface area contributed by atoms with Gasteiger partial charge in [-0.1, -0.05) is 30.7 Å². The zero-order chi connectivity index (χ0) is 20.1. The summed E-state index contributed by atoms with van der Waals surface area (Å²) in [4.78, 5) is 21.2. The third kappa shape index (κ3) is 4.78. The molecule has 144 valence electrons. The molecule has 6 nitrogen and oxygen atoms in total. The molecule has 1 aromatic heterocycles. The summed E-state index contributed by atoms with van der Waals surface area (Å²) in [6, 6.07) is 14.6. The molecule has 2 aromatic carbocycles. The first-order valence-corrected chi connectivity index (χ1v) is 9.23. The Kier molecular flexibility index (Phi) is 6.11. The summed E-state index contributed by atoms with van der Waals surface area (Å²) in [5.41, 5.74) is 2.93. The van der Waals surface area contributed by atoms with Crippen LogP contribution in [0.5, 0.6) is 5.75 Å². The summed E-state index contributed by atoms with van der Waals surface area (Å²) in [5.74, 6) is 1.27. The molecule has 0 saturated heterocycles. The Hall–Kier alpha value is -3.12. The third-order valence-corrected chi connectivity index (χ3v) is 4.41. The fraction of sp³-hybridized carbons (Fsp3) is 0.190. The van der Waals surface area contributed by atoms with Gasteiger partial charge in [0.15, 0.2) is 0 Å². The van der Waals surface area contributed by atoms with Crippen molar-refractivity contribution < 1.29 is 9.53 Å². The van der Waals surface area contributed by atoms with Gasteiger partial charge in [0, 0.05) is 17.4 Å². The van der Waals surface area contributed by atoms with Crippen molar-refractivity contribution in [1.82, 2.24) is 9.97 Å². The van der Waals surface area contributed by atoms with Gasteiger partial charge in [0.1, 0.15) is 23.1 Å². The van der Waals surface area contributed by atoms with Gasteiger partial charge in [0.05, 0.1) is 12.1 Å². The van der Waals surface area contributed by atoms with Crippen LogP contribution in [-0.2, 0) is 6.42 Å². The fourth-order valence-electron chi connectivity index (χ4n) is 2.66. The minimum atomic E-state index is -0.300. The Morgan fingerprint density at radius 3 is 2.43 bits per heavy atom. The van der Waals surface area contributed by atoms with Gasteiger partial charge in [0.2, 0.25) is 0 Å². The van der Waals surface area contributed by atoms with Crippen molar-refractivity contribution in [2.45, 2.75) is 20.3 Å². The number of nitrogens with zero attached hydrogens (tertiary/aromatic N) is 2. The summed E-state index contributed by atoms with van der Waals surface area (Å²) in [6.45, 7) is 3.82. The van der Waals surface area contributed by atoms with Gasteiger partial charge >= 0.3 is 0 Å². The number of nitrogens with one attached hydrogen (secondary N) is 2. The molecule has 0 fully saturated rings. The molecule has 0 aliphatic heterocycles. The van der Waals surface area contributed by atoms with Gasteiger partial charge in [-0.05, 0) is 49.2 Å². The predicted molar refractivity (Wildman–Crippen MR) is 112 cm³/mol. The van der Waals surface area contributed by atoms with Crippen molar-refractivity contribution >= 4 is 34.7 Å². The van der Waals surface area contributed by atoms with Gasteiger partial charge in [-0.2, -0.15) is 0 Å². The van der Waals surface area contributed by atoms with Crippen LogP contribution in [0.15, 0.2) is 48.5 Å². The number of anilines is 3. The molecule has 0 aliphatic carbocycles. The molecule has 0 radical (unpaired) electrons. The standard InChI is InChI=1S/C21H21ClN4O2/c1-4-14-5-7-15(8-6-14)26-21(27)18-12-20(24-13(2)23-18)25-16-9-10-19(28-3)17(22)11-16/h5-12H,4H2,1-3H3,(H,26,27)(H,23,24,25).